The third-order valence-corrected chi connectivity index (χ3v) is 3.26. The summed E-state index contributed by atoms with van der Waals surface area (Å²) in [6.45, 7) is 1.85. The van der Waals surface area contributed by atoms with Crippen molar-refractivity contribution < 1.29 is 0 Å². The van der Waals surface area contributed by atoms with Crippen LogP contribution in [-0.2, 0) is 0 Å². The van der Waals surface area contributed by atoms with E-state index in [0.29, 0.717) is 4.77 Å². The fraction of sp³-hybridized carbons (Fsp3) is 0.182. The second-order valence-corrected chi connectivity index (χ2v) is 4.67. The first kappa shape index (κ1) is 12.1. The highest BCUT2D eigenvalue weighted by Crippen LogP contribution is 2.13. The van der Waals surface area contributed by atoms with Gasteiger partial charge in [0.1, 0.15) is 5.82 Å². The van der Waals surface area contributed by atoms with Crippen molar-refractivity contribution in [2.24, 2.45) is 5.10 Å². The summed E-state index contributed by atoms with van der Waals surface area (Å²) < 4.78 is 2.09. The van der Waals surface area contributed by atoms with Gasteiger partial charge in [0.05, 0.1) is 6.21 Å². The quantitative estimate of drug-likeness (QED) is 0.527. The van der Waals surface area contributed by atoms with E-state index in [1.807, 2.05) is 19.1 Å². The van der Waals surface area contributed by atoms with Gasteiger partial charge < -0.3 is 0 Å². The Hall–Kier alpha value is -1.40. The number of rotatable bonds is 3. The Bertz CT molecular complexity index is 580. The molecule has 0 saturated heterocycles. The minimum Gasteiger partial charge on any atom is -0.250 e. The average molecular weight is 264 g/mol. The number of nitrogens with zero attached hydrogens (tertiary/aromatic N) is 3. The second-order valence-electron chi connectivity index (χ2n) is 3.41. The highest BCUT2D eigenvalue weighted by Gasteiger charge is 1.97. The number of benzene rings is 1. The van der Waals surface area contributed by atoms with Gasteiger partial charge >= 0.3 is 0 Å². The molecule has 4 nitrogen and oxygen atoms in total. The van der Waals surface area contributed by atoms with E-state index >= 15 is 0 Å². The molecule has 1 aromatic heterocycles. The molecule has 0 aliphatic heterocycles. The molecule has 0 aliphatic rings. The van der Waals surface area contributed by atoms with Crippen LogP contribution < -0.4 is 0 Å². The number of aryl methyl sites for hydroxylation is 1. The van der Waals surface area contributed by atoms with E-state index in [2.05, 4.69) is 33.7 Å². The summed E-state index contributed by atoms with van der Waals surface area (Å²) in [5.74, 6) is 0.743. The Morgan fingerprint density at radius 3 is 2.65 bits per heavy atom. The molecule has 2 aromatic rings. The molecule has 0 spiro atoms. The molecular weight excluding hydrogens is 252 g/mol. The van der Waals surface area contributed by atoms with Gasteiger partial charge in [-0.2, -0.15) is 14.9 Å². The lowest BCUT2D eigenvalue weighted by Crippen LogP contribution is -1.93. The molecule has 2 rings (SSSR count). The van der Waals surface area contributed by atoms with E-state index in [1.54, 1.807) is 22.7 Å². The largest absolute Gasteiger partial charge is 0.250 e. The third kappa shape index (κ3) is 2.83. The number of H-pyrrole nitrogens is 1. The number of thioether (sulfide) groups is 1. The second kappa shape index (κ2) is 5.29. The smallest absolute Gasteiger partial charge is 0.216 e. The van der Waals surface area contributed by atoms with E-state index in [-0.39, 0.29) is 0 Å². The predicted molar refractivity (Wildman–Crippen MR) is 73.4 cm³/mol. The van der Waals surface area contributed by atoms with Gasteiger partial charge in [-0.05, 0) is 43.1 Å². The van der Waals surface area contributed by atoms with Crippen molar-refractivity contribution in [1.29, 1.82) is 0 Å². The summed E-state index contributed by atoms with van der Waals surface area (Å²) in [6.07, 6.45) is 3.82. The Balaban J connectivity index is 2.23. The van der Waals surface area contributed by atoms with Gasteiger partial charge in [0.2, 0.25) is 4.77 Å². The zero-order valence-corrected chi connectivity index (χ0v) is 11.2. The third-order valence-electron chi connectivity index (χ3n) is 2.25. The molecule has 0 radical (unpaired) electrons. The van der Waals surface area contributed by atoms with Gasteiger partial charge in [-0.3, -0.25) is 5.10 Å². The fourth-order valence-corrected chi connectivity index (χ4v) is 1.95. The Morgan fingerprint density at radius 2 is 2.12 bits per heavy atom. The topological polar surface area (TPSA) is 46.0 Å². The van der Waals surface area contributed by atoms with Crippen LogP contribution in [0.1, 0.15) is 11.4 Å². The van der Waals surface area contributed by atoms with E-state index in [9.17, 15) is 0 Å². The minimum absolute atomic E-state index is 0.500. The first-order valence-corrected chi connectivity index (χ1v) is 6.66. The van der Waals surface area contributed by atoms with Crippen molar-refractivity contribution in [3.05, 3.63) is 40.4 Å². The van der Waals surface area contributed by atoms with Crippen LogP contribution in [0.15, 0.2) is 34.3 Å². The molecule has 17 heavy (non-hydrogen) atoms. The first-order valence-electron chi connectivity index (χ1n) is 5.03. The number of hydrogen-bond donors (Lipinski definition) is 1. The molecule has 1 aromatic carbocycles. The molecule has 88 valence electrons. The van der Waals surface area contributed by atoms with Crippen molar-refractivity contribution in [1.82, 2.24) is 14.9 Å². The lowest BCUT2D eigenvalue weighted by molar-refractivity contribution is 0.821. The molecule has 0 aliphatic carbocycles. The lowest BCUT2D eigenvalue weighted by atomic mass is 10.2. The Labute approximate surface area is 109 Å². The van der Waals surface area contributed by atoms with Crippen molar-refractivity contribution in [2.45, 2.75) is 11.8 Å². The van der Waals surface area contributed by atoms with Crippen molar-refractivity contribution >= 4 is 30.2 Å². The van der Waals surface area contributed by atoms with Crippen LogP contribution in [0.4, 0.5) is 0 Å². The number of nitrogens with one attached hydrogen (secondary N) is 1. The predicted octanol–water partition coefficient (Wildman–Crippen LogP) is 2.85. The fourth-order valence-electron chi connectivity index (χ4n) is 1.32. The summed E-state index contributed by atoms with van der Waals surface area (Å²) in [5.41, 5.74) is 1.03. The van der Waals surface area contributed by atoms with Gasteiger partial charge in [0.15, 0.2) is 0 Å². The molecule has 0 amide bonds. The van der Waals surface area contributed by atoms with Gasteiger partial charge in [0.25, 0.3) is 0 Å². The molecule has 0 atom stereocenters. The number of aromatic amines is 1. The van der Waals surface area contributed by atoms with E-state index in [4.69, 9.17) is 12.2 Å². The van der Waals surface area contributed by atoms with Crippen LogP contribution in [0.3, 0.4) is 0 Å². The van der Waals surface area contributed by atoms with E-state index in [1.165, 1.54) is 4.90 Å². The molecule has 0 unspecified atom stereocenters. The van der Waals surface area contributed by atoms with Crippen molar-refractivity contribution in [2.75, 3.05) is 6.26 Å². The number of aromatic nitrogens is 3. The molecule has 1 heterocycles. The minimum atomic E-state index is 0.500. The van der Waals surface area contributed by atoms with Gasteiger partial charge in [0, 0.05) is 4.90 Å². The number of hydrogen-bond acceptors (Lipinski definition) is 4. The molecule has 0 fully saturated rings. The van der Waals surface area contributed by atoms with E-state index < -0.39 is 0 Å². The maximum absolute atomic E-state index is 5.06. The molecule has 6 heteroatoms. The van der Waals surface area contributed by atoms with Crippen LogP contribution in [0.2, 0.25) is 0 Å². The van der Waals surface area contributed by atoms with Crippen molar-refractivity contribution in [3.63, 3.8) is 0 Å². The highest BCUT2D eigenvalue weighted by atomic mass is 32.2. The lowest BCUT2D eigenvalue weighted by Gasteiger charge is -1.97. The summed E-state index contributed by atoms with van der Waals surface area (Å²) >= 11 is 6.77. The monoisotopic (exact) mass is 264 g/mol. The summed E-state index contributed by atoms with van der Waals surface area (Å²) in [7, 11) is 0. The zero-order valence-electron chi connectivity index (χ0n) is 9.54. The van der Waals surface area contributed by atoms with Gasteiger partial charge in [-0.15, -0.1) is 11.8 Å². The Kier molecular flexibility index (Phi) is 3.75. The van der Waals surface area contributed by atoms with Gasteiger partial charge in [-0.1, -0.05) is 12.1 Å². The van der Waals surface area contributed by atoms with E-state index in [0.717, 1.165) is 11.4 Å². The molecule has 0 bridgehead atoms. The summed E-state index contributed by atoms with van der Waals surface area (Å²) in [6, 6.07) is 8.17. The summed E-state index contributed by atoms with van der Waals surface area (Å²) in [4.78, 5) is 1.23. The average Bonchev–Trinajstić information content (AvgIpc) is 2.67. The molecule has 1 N–H and O–H groups in total. The van der Waals surface area contributed by atoms with Gasteiger partial charge in [-0.25, -0.2) is 0 Å². The standard InChI is InChI=1S/C11H12N4S2/c1-8-13-14-11(16)15(8)12-7-9-3-5-10(17-2)6-4-9/h3-7H,1-2H3,(H,14,16)/b12-7-. The first-order chi connectivity index (χ1) is 8.20. The maximum Gasteiger partial charge on any atom is 0.216 e. The molecular formula is C11H12N4S2. The SMILES string of the molecule is CSc1ccc(/C=N\n2c(C)n[nH]c2=S)cc1. The maximum atomic E-state index is 5.06. The van der Waals surface area contributed by atoms with Crippen LogP contribution in [0, 0.1) is 11.7 Å². The Morgan fingerprint density at radius 1 is 1.41 bits per heavy atom. The van der Waals surface area contributed by atoms with Crippen LogP contribution >= 0.6 is 24.0 Å². The summed E-state index contributed by atoms with van der Waals surface area (Å²) in [5, 5.41) is 11.0. The van der Waals surface area contributed by atoms with Crippen LogP contribution in [0.25, 0.3) is 0 Å². The van der Waals surface area contributed by atoms with Crippen LogP contribution in [0.5, 0.6) is 0 Å². The molecule has 0 saturated carbocycles. The highest BCUT2D eigenvalue weighted by molar-refractivity contribution is 7.98. The van der Waals surface area contributed by atoms with Crippen molar-refractivity contribution in [3.8, 4) is 0 Å². The van der Waals surface area contributed by atoms with Crippen LogP contribution in [-0.4, -0.2) is 27.3 Å². The normalized spacial score (nSPS) is 11.2. The zero-order chi connectivity index (χ0) is 12.3.